The van der Waals surface area contributed by atoms with Crippen LogP contribution in [0.1, 0.15) is 41.8 Å². The second-order valence-electron chi connectivity index (χ2n) is 6.03. The number of rotatable bonds is 4. The molecule has 3 rings (SSSR count). The van der Waals surface area contributed by atoms with Gasteiger partial charge in [0.05, 0.1) is 4.88 Å². The van der Waals surface area contributed by atoms with Crippen molar-refractivity contribution in [3.63, 3.8) is 0 Å². The molecule has 21 heavy (non-hydrogen) atoms. The van der Waals surface area contributed by atoms with Gasteiger partial charge in [0.1, 0.15) is 0 Å². The number of benzene rings is 1. The highest BCUT2D eigenvalue weighted by Gasteiger charge is 2.31. The molecule has 0 bridgehead atoms. The Hall–Kier alpha value is -1.06. The lowest BCUT2D eigenvalue weighted by atomic mass is 9.75. The molecule has 2 nitrogen and oxygen atoms in total. The molecule has 1 heterocycles. The average Bonchev–Trinajstić information content (AvgIpc) is 2.97. The first-order valence-electron chi connectivity index (χ1n) is 7.55. The molecule has 2 aromatic rings. The first kappa shape index (κ1) is 14.9. The van der Waals surface area contributed by atoms with Crippen LogP contribution in [0, 0.1) is 5.41 Å². The predicted octanol–water partition coefficient (Wildman–Crippen LogP) is 4.82. The van der Waals surface area contributed by atoms with Gasteiger partial charge in [-0.3, -0.25) is 4.79 Å². The molecule has 1 saturated carbocycles. The molecule has 1 aliphatic carbocycles. The quantitative estimate of drug-likeness (QED) is 0.804. The second kappa shape index (κ2) is 6.37. The zero-order valence-corrected chi connectivity index (χ0v) is 13.6. The van der Waals surface area contributed by atoms with Crippen LogP contribution in [-0.2, 0) is 0 Å². The Morgan fingerprint density at radius 3 is 2.71 bits per heavy atom. The van der Waals surface area contributed by atoms with E-state index in [0.717, 1.165) is 27.8 Å². The van der Waals surface area contributed by atoms with Gasteiger partial charge in [-0.2, -0.15) is 0 Å². The Bertz CT molecular complexity index is 598. The molecule has 0 unspecified atom stereocenters. The molecule has 1 amide bonds. The topological polar surface area (TPSA) is 29.1 Å². The Morgan fingerprint density at radius 2 is 2.00 bits per heavy atom. The molecular weight excluding hydrogens is 302 g/mol. The summed E-state index contributed by atoms with van der Waals surface area (Å²) in [7, 11) is 0. The summed E-state index contributed by atoms with van der Waals surface area (Å²) in [6, 6.07) is 10.1. The highest BCUT2D eigenvalue weighted by atomic mass is 35.5. The summed E-state index contributed by atoms with van der Waals surface area (Å²) < 4.78 is 1.16. The fourth-order valence-electron chi connectivity index (χ4n) is 3.11. The molecule has 4 heteroatoms. The minimum absolute atomic E-state index is 0.0336. The molecule has 1 fully saturated rings. The third kappa shape index (κ3) is 3.24. The highest BCUT2D eigenvalue weighted by Crippen LogP contribution is 2.37. The summed E-state index contributed by atoms with van der Waals surface area (Å²) in [5, 5.41) is 4.24. The molecular formula is C17H20ClNOS. The molecule has 0 atom stereocenters. The van der Waals surface area contributed by atoms with Crippen LogP contribution in [0.15, 0.2) is 30.3 Å². The van der Waals surface area contributed by atoms with Crippen LogP contribution in [0.25, 0.3) is 10.1 Å². The number of thiophene rings is 1. The van der Waals surface area contributed by atoms with Crippen LogP contribution in [-0.4, -0.2) is 18.3 Å². The van der Waals surface area contributed by atoms with Gasteiger partial charge in [-0.1, -0.05) is 37.5 Å². The minimum Gasteiger partial charge on any atom is -0.351 e. The molecule has 0 radical (unpaired) electrons. The van der Waals surface area contributed by atoms with E-state index in [0.29, 0.717) is 12.4 Å². The average molecular weight is 322 g/mol. The maximum absolute atomic E-state index is 12.4. The normalized spacial score (nSPS) is 17.8. The van der Waals surface area contributed by atoms with Crippen LogP contribution in [0.4, 0.5) is 0 Å². The summed E-state index contributed by atoms with van der Waals surface area (Å²) in [5.74, 6) is 0.672. The van der Waals surface area contributed by atoms with Crippen molar-refractivity contribution in [2.24, 2.45) is 5.41 Å². The van der Waals surface area contributed by atoms with E-state index in [1.807, 2.05) is 24.3 Å². The molecule has 0 saturated heterocycles. The third-order valence-electron chi connectivity index (χ3n) is 4.47. The largest absolute Gasteiger partial charge is 0.351 e. The van der Waals surface area contributed by atoms with Crippen LogP contribution < -0.4 is 5.32 Å². The SMILES string of the molecule is O=C(NCC1(CCl)CCCCC1)c1cc2ccccc2s1. The van der Waals surface area contributed by atoms with Crippen molar-refractivity contribution >= 4 is 38.9 Å². The maximum Gasteiger partial charge on any atom is 0.261 e. The van der Waals surface area contributed by atoms with Gasteiger partial charge in [-0.05, 0) is 30.4 Å². The fraction of sp³-hybridized carbons (Fsp3) is 0.471. The Labute approximate surface area is 134 Å². The van der Waals surface area contributed by atoms with E-state index >= 15 is 0 Å². The minimum atomic E-state index is 0.0336. The van der Waals surface area contributed by atoms with E-state index in [1.54, 1.807) is 11.3 Å². The number of hydrogen-bond donors (Lipinski definition) is 1. The Morgan fingerprint density at radius 1 is 1.24 bits per heavy atom. The molecule has 112 valence electrons. The maximum atomic E-state index is 12.4. The van der Waals surface area contributed by atoms with Gasteiger partial charge in [0.2, 0.25) is 0 Å². The number of carbonyl (C=O) groups is 1. The molecule has 1 N–H and O–H groups in total. The lowest BCUT2D eigenvalue weighted by Gasteiger charge is -2.35. The third-order valence-corrected chi connectivity index (χ3v) is 6.15. The number of fused-ring (bicyclic) bond motifs is 1. The van der Waals surface area contributed by atoms with Crippen molar-refractivity contribution in [1.29, 1.82) is 0 Å². The number of nitrogens with one attached hydrogen (secondary N) is 1. The zero-order valence-electron chi connectivity index (χ0n) is 12.0. The number of hydrogen-bond acceptors (Lipinski definition) is 2. The van der Waals surface area contributed by atoms with Crippen molar-refractivity contribution in [2.45, 2.75) is 32.1 Å². The molecule has 1 aliphatic rings. The van der Waals surface area contributed by atoms with E-state index in [2.05, 4.69) is 11.4 Å². The van der Waals surface area contributed by atoms with E-state index < -0.39 is 0 Å². The summed E-state index contributed by atoms with van der Waals surface area (Å²) in [6.45, 7) is 0.698. The fourth-order valence-corrected chi connectivity index (χ4v) is 4.45. The predicted molar refractivity (Wildman–Crippen MR) is 90.4 cm³/mol. The Balaban J connectivity index is 1.68. The van der Waals surface area contributed by atoms with Crippen molar-refractivity contribution in [2.75, 3.05) is 12.4 Å². The lowest BCUT2D eigenvalue weighted by molar-refractivity contribution is 0.0925. The van der Waals surface area contributed by atoms with E-state index in [1.165, 1.54) is 19.3 Å². The molecule has 0 aliphatic heterocycles. The van der Waals surface area contributed by atoms with Gasteiger partial charge >= 0.3 is 0 Å². The van der Waals surface area contributed by atoms with E-state index in [4.69, 9.17) is 11.6 Å². The van der Waals surface area contributed by atoms with Crippen molar-refractivity contribution in [3.8, 4) is 0 Å². The number of alkyl halides is 1. The Kier molecular flexibility index (Phi) is 4.51. The van der Waals surface area contributed by atoms with Crippen LogP contribution in [0.5, 0.6) is 0 Å². The van der Waals surface area contributed by atoms with Gasteiger partial charge in [-0.15, -0.1) is 22.9 Å². The van der Waals surface area contributed by atoms with Crippen molar-refractivity contribution < 1.29 is 4.79 Å². The van der Waals surface area contributed by atoms with Gasteiger partial charge in [0, 0.05) is 22.5 Å². The second-order valence-corrected chi connectivity index (χ2v) is 7.38. The summed E-state index contributed by atoms with van der Waals surface area (Å²) in [5.41, 5.74) is 0.103. The van der Waals surface area contributed by atoms with Gasteiger partial charge in [0.25, 0.3) is 5.91 Å². The van der Waals surface area contributed by atoms with Gasteiger partial charge in [-0.25, -0.2) is 0 Å². The summed E-state index contributed by atoms with van der Waals surface area (Å²) in [4.78, 5) is 13.2. The monoisotopic (exact) mass is 321 g/mol. The lowest BCUT2D eigenvalue weighted by Crippen LogP contribution is -2.40. The molecule has 1 aromatic heterocycles. The number of carbonyl (C=O) groups excluding carboxylic acids is 1. The molecule has 0 spiro atoms. The standard InChI is InChI=1S/C17H20ClNOS/c18-11-17(8-4-1-5-9-17)12-19-16(20)15-10-13-6-2-3-7-14(13)21-15/h2-3,6-7,10H,1,4-5,8-9,11-12H2,(H,19,20). The summed E-state index contributed by atoms with van der Waals surface area (Å²) >= 11 is 7.74. The van der Waals surface area contributed by atoms with Gasteiger partial charge in [0.15, 0.2) is 0 Å². The van der Waals surface area contributed by atoms with Crippen molar-refractivity contribution in [1.82, 2.24) is 5.32 Å². The molecule has 1 aromatic carbocycles. The van der Waals surface area contributed by atoms with E-state index in [9.17, 15) is 4.79 Å². The first-order chi connectivity index (χ1) is 10.2. The van der Waals surface area contributed by atoms with Crippen LogP contribution in [0.3, 0.4) is 0 Å². The smallest absolute Gasteiger partial charge is 0.261 e. The first-order valence-corrected chi connectivity index (χ1v) is 8.90. The van der Waals surface area contributed by atoms with Crippen LogP contribution >= 0.6 is 22.9 Å². The highest BCUT2D eigenvalue weighted by molar-refractivity contribution is 7.20. The van der Waals surface area contributed by atoms with Gasteiger partial charge < -0.3 is 5.32 Å². The number of amides is 1. The summed E-state index contributed by atoms with van der Waals surface area (Å²) in [6.07, 6.45) is 6.01. The van der Waals surface area contributed by atoms with E-state index in [-0.39, 0.29) is 11.3 Å². The van der Waals surface area contributed by atoms with Crippen molar-refractivity contribution in [3.05, 3.63) is 35.2 Å². The number of halogens is 1. The zero-order chi connectivity index (χ0) is 14.7. The van der Waals surface area contributed by atoms with Crippen LogP contribution in [0.2, 0.25) is 0 Å².